The average molecular weight is 318 g/mol. The summed E-state index contributed by atoms with van der Waals surface area (Å²) >= 11 is 3.66. The van der Waals surface area contributed by atoms with Gasteiger partial charge in [-0.25, -0.2) is 0 Å². The van der Waals surface area contributed by atoms with Crippen LogP contribution in [0.1, 0.15) is 35.2 Å². The SMILES string of the molecule is CCc1cccc(C(NC)c2cc(C)ccc2Br)c1. The molecule has 0 amide bonds. The van der Waals surface area contributed by atoms with Gasteiger partial charge in [-0.05, 0) is 43.1 Å². The van der Waals surface area contributed by atoms with Gasteiger partial charge in [0.25, 0.3) is 0 Å². The van der Waals surface area contributed by atoms with Gasteiger partial charge in [0.1, 0.15) is 0 Å². The van der Waals surface area contributed by atoms with Crippen LogP contribution in [0.5, 0.6) is 0 Å². The van der Waals surface area contributed by atoms with Crippen LogP contribution in [0.4, 0.5) is 0 Å². The third-order valence-electron chi connectivity index (χ3n) is 3.44. The molecule has 0 fully saturated rings. The summed E-state index contributed by atoms with van der Waals surface area (Å²) in [6.07, 6.45) is 1.07. The highest BCUT2D eigenvalue weighted by Gasteiger charge is 2.15. The minimum atomic E-state index is 0.223. The molecule has 0 aliphatic carbocycles. The summed E-state index contributed by atoms with van der Waals surface area (Å²) in [4.78, 5) is 0. The first kappa shape index (κ1) is 14.3. The molecule has 1 unspecified atom stereocenters. The van der Waals surface area contributed by atoms with Crippen molar-refractivity contribution in [3.63, 3.8) is 0 Å². The number of aryl methyl sites for hydroxylation is 2. The van der Waals surface area contributed by atoms with Crippen LogP contribution in [-0.2, 0) is 6.42 Å². The highest BCUT2D eigenvalue weighted by molar-refractivity contribution is 9.10. The first-order valence-electron chi connectivity index (χ1n) is 6.68. The lowest BCUT2D eigenvalue weighted by Crippen LogP contribution is -2.18. The molecule has 100 valence electrons. The van der Waals surface area contributed by atoms with Crippen molar-refractivity contribution in [1.82, 2.24) is 5.32 Å². The molecule has 2 aromatic carbocycles. The van der Waals surface area contributed by atoms with Gasteiger partial charge in [0.15, 0.2) is 0 Å². The quantitative estimate of drug-likeness (QED) is 0.867. The lowest BCUT2D eigenvalue weighted by molar-refractivity contribution is 0.687. The Morgan fingerprint density at radius 3 is 2.63 bits per heavy atom. The number of hydrogen-bond acceptors (Lipinski definition) is 1. The Balaban J connectivity index is 2.46. The van der Waals surface area contributed by atoms with Crippen molar-refractivity contribution in [3.05, 3.63) is 69.2 Å². The van der Waals surface area contributed by atoms with E-state index in [0.717, 1.165) is 10.9 Å². The summed E-state index contributed by atoms with van der Waals surface area (Å²) in [6, 6.07) is 15.5. The lowest BCUT2D eigenvalue weighted by Gasteiger charge is -2.20. The fraction of sp³-hybridized carbons (Fsp3) is 0.294. The summed E-state index contributed by atoms with van der Waals surface area (Å²) in [5.41, 5.74) is 5.26. The van der Waals surface area contributed by atoms with Crippen molar-refractivity contribution >= 4 is 15.9 Å². The molecule has 0 spiro atoms. The second-order valence-electron chi connectivity index (χ2n) is 4.85. The van der Waals surface area contributed by atoms with E-state index in [4.69, 9.17) is 0 Å². The van der Waals surface area contributed by atoms with E-state index >= 15 is 0 Å². The lowest BCUT2D eigenvalue weighted by atomic mass is 9.95. The topological polar surface area (TPSA) is 12.0 Å². The van der Waals surface area contributed by atoms with Crippen molar-refractivity contribution in [1.29, 1.82) is 0 Å². The molecule has 19 heavy (non-hydrogen) atoms. The maximum Gasteiger partial charge on any atom is 0.0585 e. The molecule has 1 atom stereocenters. The van der Waals surface area contributed by atoms with Gasteiger partial charge in [0, 0.05) is 4.47 Å². The Kier molecular flexibility index (Phi) is 4.78. The predicted octanol–water partition coefficient (Wildman–Crippen LogP) is 4.63. The van der Waals surface area contributed by atoms with Gasteiger partial charge in [-0.2, -0.15) is 0 Å². The Hall–Kier alpha value is -1.12. The van der Waals surface area contributed by atoms with Gasteiger partial charge in [0.05, 0.1) is 6.04 Å². The van der Waals surface area contributed by atoms with Crippen molar-refractivity contribution in [3.8, 4) is 0 Å². The highest BCUT2D eigenvalue weighted by atomic mass is 79.9. The molecule has 0 heterocycles. The molecule has 0 aromatic heterocycles. The minimum Gasteiger partial charge on any atom is -0.309 e. The maximum absolute atomic E-state index is 3.66. The Bertz CT molecular complexity index is 563. The van der Waals surface area contributed by atoms with Gasteiger partial charge in [-0.3, -0.25) is 0 Å². The van der Waals surface area contributed by atoms with E-state index in [1.54, 1.807) is 0 Å². The average Bonchev–Trinajstić information content (AvgIpc) is 2.44. The van der Waals surface area contributed by atoms with Crippen molar-refractivity contribution in [2.24, 2.45) is 0 Å². The molecule has 2 rings (SSSR count). The molecule has 0 aliphatic heterocycles. The summed E-state index contributed by atoms with van der Waals surface area (Å²) in [7, 11) is 2.01. The van der Waals surface area contributed by atoms with E-state index < -0.39 is 0 Å². The number of benzene rings is 2. The Morgan fingerprint density at radius 1 is 1.16 bits per heavy atom. The smallest absolute Gasteiger partial charge is 0.0585 e. The van der Waals surface area contributed by atoms with Crippen LogP contribution in [0.3, 0.4) is 0 Å². The molecular formula is C17H20BrN. The summed E-state index contributed by atoms with van der Waals surface area (Å²) < 4.78 is 1.15. The van der Waals surface area contributed by atoms with Crippen LogP contribution >= 0.6 is 15.9 Å². The first-order chi connectivity index (χ1) is 9.15. The Morgan fingerprint density at radius 2 is 1.95 bits per heavy atom. The fourth-order valence-electron chi connectivity index (χ4n) is 2.38. The summed E-state index contributed by atoms with van der Waals surface area (Å²) in [5, 5.41) is 3.42. The maximum atomic E-state index is 3.66. The molecule has 0 aliphatic rings. The first-order valence-corrected chi connectivity index (χ1v) is 7.47. The van der Waals surface area contributed by atoms with Gasteiger partial charge >= 0.3 is 0 Å². The monoisotopic (exact) mass is 317 g/mol. The molecular weight excluding hydrogens is 298 g/mol. The normalized spacial score (nSPS) is 12.4. The molecule has 0 saturated heterocycles. The summed E-state index contributed by atoms with van der Waals surface area (Å²) in [6.45, 7) is 4.32. The Labute approximate surface area is 124 Å². The predicted molar refractivity (Wildman–Crippen MR) is 85.6 cm³/mol. The number of hydrogen-bond donors (Lipinski definition) is 1. The molecule has 0 radical (unpaired) electrons. The van der Waals surface area contributed by atoms with Crippen LogP contribution in [0.25, 0.3) is 0 Å². The molecule has 2 aromatic rings. The highest BCUT2D eigenvalue weighted by Crippen LogP contribution is 2.29. The van der Waals surface area contributed by atoms with E-state index in [-0.39, 0.29) is 6.04 Å². The second-order valence-corrected chi connectivity index (χ2v) is 5.70. The van der Waals surface area contributed by atoms with Gasteiger partial charge in [-0.1, -0.05) is 64.8 Å². The number of rotatable bonds is 4. The molecule has 1 N–H and O–H groups in total. The van der Waals surface area contributed by atoms with Gasteiger partial charge in [0.2, 0.25) is 0 Å². The number of halogens is 1. The standard InChI is InChI=1S/C17H20BrN/c1-4-13-6-5-7-14(11-13)17(19-3)15-10-12(2)8-9-16(15)18/h5-11,17,19H,4H2,1-3H3. The summed E-state index contributed by atoms with van der Waals surface area (Å²) in [5.74, 6) is 0. The van der Waals surface area contributed by atoms with Crippen LogP contribution in [0.15, 0.2) is 46.9 Å². The van der Waals surface area contributed by atoms with Crippen LogP contribution in [-0.4, -0.2) is 7.05 Å². The molecule has 0 bridgehead atoms. The van der Waals surface area contributed by atoms with E-state index in [1.165, 1.54) is 22.3 Å². The fourth-order valence-corrected chi connectivity index (χ4v) is 2.85. The number of nitrogens with one attached hydrogen (secondary N) is 1. The van der Waals surface area contributed by atoms with Crippen LogP contribution in [0, 0.1) is 6.92 Å². The third kappa shape index (κ3) is 3.26. The van der Waals surface area contributed by atoms with Crippen LogP contribution < -0.4 is 5.32 Å². The van der Waals surface area contributed by atoms with E-state index in [1.807, 2.05) is 7.05 Å². The molecule has 1 nitrogen and oxygen atoms in total. The largest absolute Gasteiger partial charge is 0.309 e. The zero-order valence-corrected chi connectivity index (χ0v) is 13.3. The zero-order valence-electron chi connectivity index (χ0n) is 11.7. The van der Waals surface area contributed by atoms with Crippen molar-refractivity contribution in [2.45, 2.75) is 26.3 Å². The van der Waals surface area contributed by atoms with Crippen molar-refractivity contribution < 1.29 is 0 Å². The molecule has 0 saturated carbocycles. The van der Waals surface area contributed by atoms with Crippen molar-refractivity contribution in [2.75, 3.05) is 7.05 Å². The van der Waals surface area contributed by atoms with Crippen LogP contribution in [0.2, 0.25) is 0 Å². The zero-order chi connectivity index (χ0) is 13.8. The van der Waals surface area contributed by atoms with Gasteiger partial charge < -0.3 is 5.32 Å². The van der Waals surface area contributed by atoms with Gasteiger partial charge in [-0.15, -0.1) is 0 Å². The minimum absolute atomic E-state index is 0.223. The van der Waals surface area contributed by atoms with E-state index in [2.05, 4.69) is 77.6 Å². The van der Waals surface area contributed by atoms with E-state index in [0.29, 0.717) is 0 Å². The second kappa shape index (κ2) is 6.36. The molecule has 2 heteroatoms. The third-order valence-corrected chi connectivity index (χ3v) is 4.17. The van der Waals surface area contributed by atoms with E-state index in [9.17, 15) is 0 Å².